The SMILES string of the molecule is Cc1ccccc1CCN(Cc1cc2ccc(C)c(C)c2[nH]c1=O)C(=O)Nc1ccccc1. The molecule has 5 heteroatoms. The van der Waals surface area contributed by atoms with E-state index in [1.807, 2.05) is 68.4 Å². The van der Waals surface area contributed by atoms with Crippen LogP contribution in [0.3, 0.4) is 0 Å². The van der Waals surface area contributed by atoms with Crippen LogP contribution in [0.1, 0.15) is 27.8 Å². The molecule has 5 nitrogen and oxygen atoms in total. The Morgan fingerprint density at radius 3 is 2.36 bits per heavy atom. The van der Waals surface area contributed by atoms with Gasteiger partial charge in [-0.2, -0.15) is 0 Å². The minimum Gasteiger partial charge on any atom is -0.321 e. The van der Waals surface area contributed by atoms with Gasteiger partial charge in [0.25, 0.3) is 5.56 Å². The van der Waals surface area contributed by atoms with Gasteiger partial charge in [-0.1, -0.05) is 54.6 Å². The van der Waals surface area contributed by atoms with Crippen molar-refractivity contribution in [3.63, 3.8) is 0 Å². The number of urea groups is 1. The maximum absolute atomic E-state index is 13.2. The number of rotatable bonds is 6. The average molecular weight is 440 g/mol. The quantitative estimate of drug-likeness (QED) is 0.403. The van der Waals surface area contributed by atoms with Crippen molar-refractivity contribution in [2.45, 2.75) is 33.7 Å². The molecule has 0 spiro atoms. The number of aryl methyl sites for hydroxylation is 3. The number of anilines is 1. The maximum Gasteiger partial charge on any atom is 0.322 e. The molecule has 4 rings (SSSR count). The fraction of sp³-hybridized carbons (Fsp3) is 0.214. The number of H-pyrrole nitrogens is 1. The van der Waals surface area contributed by atoms with Gasteiger partial charge < -0.3 is 15.2 Å². The smallest absolute Gasteiger partial charge is 0.321 e. The van der Waals surface area contributed by atoms with Gasteiger partial charge in [0.05, 0.1) is 12.1 Å². The van der Waals surface area contributed by atoms with Gasteiger partial charge >= 0.3 is 6.03 Å². The van der Waals surface area contributed by atoms with E-state index in [4.69, 9.17) is 0 Å². The first-order valence-corrected chi connectivity index (χ1v) is 11.2. The highest BCUT2D eigenvalue weighted by Crippen LogP contribution is 2.20. The van der Waals surface area contributed by atoms with Crippen LogP contribution in [0, 0.1) is 20.8 Å². The van der Waals surface area contributed by atoms with E-state index >= 15 is 0 Å². The topological polar surface area (TPSA) is 65.2 Å². The van der Waals surface area contributed by atoms with Crippen molar-refractivity contribution in [3.8, 4) is 0 Å². The van der Waals surface area contributed by atoms with Gasteiger partial charge in [-0.25, -0.2) is 4.79 Å². The van der Waals surface area contributed by atoms with Crippen molar-refractivity contribution in [2.75, 3.05) is 11.9 Å². The van der Waals surface area contributed by atoms with Gasteiger partial charge in [0.15, 0.2) is 0 Å². The van der Waals surface area contributed by atoms with Crippen LogP contribution < -0.4 is 10.9 Å². The number of aromatic nitrogens is 1. The monoisotopic (exact) mass is 439 g/mol. The minimum atomic E-state index is -0.227. The first-order valence-electron chi connectivity index (χ1n) is 11.2. The number of aromatic amines is 1. The van der Waals surface area contributed by atoms with Crippen molar-refractivity contribution in [2.24, 2.45) is 0 Å². The van der Waals surface area contributed by atoms with E-state index in [2.05, 4.69) is 35.4 Å². The molecule has 0 aliphatic heterocycles. The van der Waals surface area contributed by atoms with Crippen molar-refractivity contribution in [1.29, 1.82) is 0 Å². The molecule has 0 atom stereocenters. The molecule has 2 amide bonds. The molecule has 0 fully saturated rings. The third kappa shape index (κ3) is 5.14. The molecular weight excluding hydrogens is 410 g/mol. The second kappa shape index (κ2) is 9.74. The van der Waals surface area contributed by atoms with Crippen LogP contribution in [0.5, 0.6) is 0 Å². The molecule has 0 bridgehead atoms. The van der Waals surface area contributed by atoms with Crippen molar-refractivity contribution in [3.05, 3.63) is 111 Å². The molecule has 2 N–H and O–H groups in total. The second-order valence-corrected chi connectivity index (χ2v) is 8.49. The Hall–Kier alpha value is -3.86. The van der Waals surface area contributed by atoms with Gasteiger partial charge in [-0.05, 0) is 73.0 Å². The van der Waals surface area contributed by atoms with E-state index in [1.165, 1.54) is 11.1 Å². The summed E-state index contributed by atoms with van der Waals surface area (Å²) >= 11 is 0. The number of hydrogen-bond donors (Lipinski definition) is 2. The largest absolute Gasteiger partial charge is 0.322 e. The summed E-state index contributed by atoms with van der Waals surface area (Å²) in [5, 5.41) is 3.93. The lowest BCUT2D eigenvalue weighted by Crippen LogP contribution is -2.37. The predicted octanol–water partition coefficient (Wildman–Crippen LogP) is 5.73. The number of carbonyl (C=O) groups is 1. The average Bonchev–Trinajstić information content (AvgIpc) is 2.81. The molecule has 0 aliphatic carbocycles. The zero-order valence-corrected chi connectivity index (χ0v) is 19.3. The van der Waals surface area contributed by atoms with E-state index in [1.54, 1.807) is 4.90 Å². The number of amides is 2. The number of hydrogen-bond acceptors (Lipinski definition) is 2. The first-order chi connectivity index (χ1) is 15.9. The molecular formula is C28H29N3O2. The van der Waals surface area contributed by atoms with Gasteiger partial charge in [0, 0.05) is 17.8 Å². The van der Waals surface area contributed by atoms with Crippen molar-refractivity contribution in [1.82, 2.24) is 9.88 Å². The number of nitrogens with one attached hydrogen (secondary N) is 2. The molecule has 1 aromatic heterocycles. The zero-order chi connectivity index (χ0) is 23.4. The lowest BCUT2D eigenvalue weighted by molar-refractivity contribution is 0.209. The fourth-order valence-electron chi connectivity index (χ4n) is 4.02. The number of pyridine rings is 1. The third-order valence-electron chi connectivity index (χ3n) is 6.21. The van der Waals surface area contributed by atoms with E-state index in [0.717, 1.165) is 27.7 Å². The van der Waals surface area contributed by atoms with Crippen molar-refractivity contribution >= 4 is 22.6 Å². The van der Waals surface area contributed by atoms with Crippen LogP contribution in [0.4, 0.5) is 10.5 Å². The molecule has 4 aromatic rings. The Morgan fingerprint density at radius 2 is 1.61 bits per heavy atom. The Kier molecular flexibility index (Phi) is 6.59. The zero-order valence-electron chi connectivity index (χ0n) is 19.3. The molecule has 1 heterocycles. The van der Waals surface area contributed by atoms with E-state index < -0.39 is 0 Å². The first kappa shape index (κ1) is 22.3. The van der Waals surface area contributed by atoms with Gasteiger partial charge in [0.2, 0.25) is 0 Å². The number of carbonyl (C=O) groups excluding carboxylic acids is 1. The molecule has 0 unspecified atom stereocenters. The maximum atomic E-state index is 13.2. The van der Waals surface area contributed by atoms with Gasteiger partial charge in [-0.15, -0.1) is 0 Å². The number of para-hydroxylation sites is 1. The molecule has 3 aromatic carbocycles. The Morgan fingerprint density at radius 1 is 0.879 bits per heavy atom. The molecule has 33 heavy (non-hydrogen) atoms. The lowest BCUT2D eigenvalue weighted by atomic mass is 10.0. The van der Waals surface area contributed by atoms with Crippen LogP contribution in [-0.4, -0.2) is 22.5 Å². The summed E-state index contributed by atoms with van der Waals surface area (Å²) in [6, 6.07) is 23.3. The Balaban J connectivity index is 1.63. The lowest BCUT2D eigenvalue weighted by Gasteiger charge is -2.24. The van der Waals surface area contributed by atoms with Crippen LogP contribution >= 0.6 is 0 Å². The van der Waals surface area contributed by atoms with E-state index in [-0.39, 0.29) is 18.1 Å². The van der Waals surface area contributed by atoms with E-state index in [0.29, 0.717) is 18.5 Å². The molecule has 0 aliphatic rings. The Labute approximate surface area is 194 Å². The predicted molar refractivity (Wildman–Crippen MR) is 135 cm³/mol. The van der Waals surface area contributed by atoms with Crippen LogP contribution in [0.2, 0.25) is 0 Å². The molecule has 0 radical (unpaired) electrons. The normalized spacial score (nSPS) is 10.9. The summed E-state index contributed by atoms with van der Waals surface area (Å²) in [5.74, 6) is 0. The molecule has 0 saturated carbocycles. The Bertz CT molecular complexity index is 1340. The number of nitrogens with zero attached hydrogens (tertiary/aromatic N) is 1. The summed E-state index contributed by atoms with van der Waals surface area (Å²) in [6.07, 6.45) is 0.707. The van der Waals surface area contributed by atoms with Gasteiger partial charge in [-0.3, -0.25) is 4.79 Å². The van der Waals surface area contributed by atoms with E-state index in [9.17, 15) is 9.59 Å². The highest BCUT2D eigenvalue weighted by molar-refractivity contribution is 5.89. The highest BCUT2D eigenvalue weighted by atomic mass is 16.2. The molecule has 0 saturated heterocycles. The number of benzene rings is 3. The molecule has 168 valence electrons. The summed E-state index contributed by atoms with van der Waals surface area (Å²) in [5.41, 5.74) is 6.56. The van der Waals surface area contributed by atoms with Gasteiger partial charge in [0.1, 0.15) is 0 Å². The third-order valence-corrected chi connectivity index (χ3v) is 6.21. The minimum absolute atomic E-state index is 0.162. The van der Waals surface area contributed by atoms with Crippen LogP contribution in [0.15, 0.2) is 77.6 Å². The fourth-order valence-corrected chi connectivity index (χ4v) is 4.02. The van der Waals surface area contributed by atoms with Crippen LogP contribution in [0.25, 0.3) is 10.9 Å². The standard InChI is InChI=1S/C28H29N3O2/c1-19-13-14-23-17-24(27(32)30-26(23)21(19)3)18-31(16-15-22-10-8-7-9-20(22)2)28(33)29-25-11-5-4-6-12-25/h4-14,17H,15-16,18H2,1-3H3,(H,29,33)(H,30,32). The summed E-state index contributed by atoms with van der Waals surface area (Å²) in [7, 11) is 0. The highest BCUT2D eigenvalue weighted by Gasteiger charge is 2.17. The van der Waals surface area contributed by atoms with Crippen molar-refractivity contribution < 1.29 is 4.79 Å². The summed E-state index contributed by atoms with van der Waals surface area (Å²) in [6.45, 7) is 6.83. The number of fused-ring (bicyclic) bond motifs is 1. The summed E-state index contributed by atoms with van der Waals surface area (Å²) < 4.78 is 0. The second-order valence-electron chi connectivity index (χ2n) is 8.49. The summed E-state index contributed by atoms with van der Waals surface area (Å²) in [4.78, 5) is 30.9. The van der Waals surface area contributed by atoms with Crippen LogP contribution in [-0.2, 0) is 13.0 Å².